The first-order valence-electron chi connectivity index (χ1n) is 6.49. The van der Waals surface area contributed by atoms with Gasteiger partial charge in [0, 0.05) is 26.7 Å². The number of rotatable bonds is 6. The zero-order valence-corrected chi connectivity index (χ0v) is 11.8. The van der Waals surface area contributed by atoms with Crippen LogP contribution >= 0.6 is 0 Å². The van der Waals surface area contributed by atoms with Crippen LogP contribution in [-0.4, -0.2) is 51.6 Å². The Bertz CT molecular complexity index is 270. The van der Waals surface area contributed by atoms with Gasteiger partial charge in [-0.15, -0.1) is 0 Å². The summed E-state index contributed by atoms with van der Waals surface area (Å²) >= 11 is 0. The second-order valence-corrected chi connectivity index (χ2v) is 5.10. The van der Waals surface area contributed by atoms with E-state index >= 15 is 0 Å². The van der Waals surface area contributed by atoms with Gasteiger partial charge >= 0.3 is 5.97 Å². The fourth-order valence-electron chi connectivity index (χ4n) is 2.32. The molecule has 1 heterocycles. The summed E-state index contributed by atoms with van der Waals surface area (Å²) in [5.41, 5.74) is -0.625. The van der Waals surface area contributed by atoms with E-state index < -0.39 is 5.54 Å². The first-order valence-corrected chi connectivity index (χ1v) is 6.49. The van der Waals surface area contributed by atoms with Gasteiger partial charge in [0.25, 0.3) is 0 Å². The summed E-state index contributed by atoms with van der Waals surface area (Å²) in [5, 5.41) is 3.29. The van der Waals surface area contributed by atoms with Crippen LogP contribution in [0.1, 0.15) is 26.7 Å². The topological polar surface area (TPSA) is 56.8 Å². The zero-order chi connectivity index (χ0) is 13.6. The van der Waals surface area contributed by atoms with Gasteiger partial charge in [0.1, 0.15) is 5.54 Å². The van der Waals surface area contributed by atoms with Crippen molar-refractivity contribution in [3.05, 3.63) is 0 Å². The third kappa shape index (κ3) is 3.67. The number of ether oxygens (including phenoxy) is 3. The van der Waals surface area contributed by atoms with Crippen molar-refractivity contribution in [2.75, 3.05) is 34.0 Å². The molecule has 0 spiro atoms. The molecule has 0 aliphatic carbocycles. The molecule has 0 amide bonds. The number of hydrogen-bond acceptors (Lipinski definition) is 5. The lowest BCUT2D eigenvalue weighted by atomic mass is 9.83. The molecule has 0 radical (unpaired) electrons. The van der Waals surface area contributed by atoms with Crippen molar-refractivity contribution in [1.29, 1.82) is 0 Å². The van der Waals surface area contributed by atoms with Crippen LogP contribution in [0.25, 0.3) is 0 Å². The molecule has 1 fully saturated rings. The largest absolute Gasteiger partial charge is 0.468 e. The Morgan fingerprint density at radius 2 is 2.22 bits per heavy atom. The number of carbonyl (C=O) groups excluding carboxylic acids is 1. The summed E-state index contributed by atoms with van der Waals surface area (Å²) in [4.78, 5) is 12.1. The van der Waals surface area contributed by atoms with Gasteiger partial charge in [0.15, 0.2) is 0 Å². The van der Waals surface area contributed by atoms with Gasteiger partial charge in [-0.3, -0.25) is 10.1 Å². The third-order valence-corrected chi connectivity index (χ3v) is 3.50. The molecule has 0 bridgehead atoms. The molecule has 0 aromatic rings. The van der Waals surface area contributed by atoms with Crippen LogP contribution < -0.4 is 5.32 Å². The van der Waals surface area contributed by atoms with Crippen LogP contribution in [0.15, 0.2) is 0 Å². The molecule has 18 heavy (non-hydrogen) atoms. The zero-order valence-electron chi connectivity index (χ0n) is 11.8. The van der Waals surface area contributed by atoms with Crippen molar-refractivity contribution in [2.45, 2.75) is 38.3 Å². The van der Waals surface area contributed by atoms with E-state index in [9.17, 15) is 4.79 Å². The van der Waals surface area contributed by atoms with E-state index in [1.54, 1.807) is 7.11 Å². The van der Waals surface area contributed by atoms with E-state index in [-0.39, 0.29) is 12.1 Å². The molecule has 0 saturated carbocycles. The van der Waals surface area contributed by atoms with Gasteiger partial charge in [0.05, 0.1) is 19.8 Å². The summed E-state index contributed by atoms with van der Waals surface area (Å²) in [6.07, 6.45) is 1.39. The minimum absolute atomic E-state index is 0.0906. The molecular formula is C13H25NO4. The van der Waals surface area contributed by atoms with Crippen molar-refractivity contribution in [2.24, 2.45) is 5.92 Å². The standard InChI is InChI=1S/C13H25NO4/c1-10(2)11-9-13(5-7-18-11,12(15)17-4)14-6-8-16-3/h10-11,14H,5-9H2,1-4H3. The molecule has 5 heteroatoms. The minimum atomic E-state index is -0.625. The Morgan fingerprint density at radius 3 is 2.78 bits per heavy atom. The number of nitrogens with one attached hydrogen (secondary N) is 1. The van der Waals surface area contributed by atoms with E-state index in [2.05, 4.69) is 19.2 Å². The molecule has 1 saturated heterocycles. The maximum Gasteiger partial charge on any atom is 0.326 e. The second kappa shape index (κ2) is 7.07. The summed E-state index contributed by atoms with van der Waals surface area (Å²) in [5.74, 6) is 0.186. The quantitative estimate of drug-likeness (QED) is 0.569. The number of hydrogen-bond donors (Lipinski definition) is 1. The number of carbonyl (C=O) groups is 1. The molecule has 1 rings (SSSR count). The molecule has 2 atom stereocenters. The summed E-state index contributed by atoms with van der Waals surface area (Å²) in [6.45, 7) is 6.00. The lowest BCUT2D eigenvalue weighted by Gasteiger charge is -2.40. The first kappa shape index (κ1) is 15.4. The van der Waals surface area contributed by atoms with Crippen molar-refractivity contribution < 1.29 is 19.0 Å². The maximum absolute atomic E-state index is 12.1. The van der Waals surface area contributed by atoms with Crippen molar-refractivity contribution in [1.82, 2.24) is 5.32 Å². The number of esters is 1. The van der Waals surface area contributed by atoms with Crippen molar-refractivity contribution in [3.8, 4) is 0 Å². The van der Waals surface area contributed by atoms with Crippen LogP contribution in [0.5, 0.6) is 0 Å². The van der Waals surface area contributed by atoms with Crippen molar-refractivity contribution in [3.63, 3.8) is 0 Å². The van der Waals surface area contributed by atoms with Crippen molar-refractivity contribution >= 4 is 5.97 Å². The van der Waals surface area contributed by atoms with Crippen LogP contribution in [0.2, 0.25) is 0 Å². The molecule has 5 nitrogen and oxygen atoms in total. The lowest BCUT2D eigenvalue weighted by molar-refractivity contribution is -0.157. The molecule has 1 aliphatic rings. The highest BCUT2D eigenvalue weighted by atomic mass is 16.5. The molecular weight excluding hydrogens is 234 g/mol. The van der Waals surface area contributed by atoms with E-state index in [1.807, 2.05) is 0 Å². The highest BCUT2D eigenvalue weighted by molar-refractivity contribution is 5.81. The van der Waals surface area contributed by atoms with Gasteiger partial charge in [-0.1, -0.05) is 13.8 Å². The summed E-state index contributed by atoms with van der Waals surface area (Å²) < 4.78 is 15.7. The second-order valence-electron chi connectivity index (χ2n) is 5.10. The Labute approximate surface area is 109 Å². The van der Waals surface area contributed by atoms with E-state index in [1.165, 1.54) is 7.11 Å². The molecule has 106 valence electrons. The third-order valence-electron chi connectivity index (χ3n) is 3.50. The predicted molar refractivity (Wildman–Crippen MR) is 68.4 cm³/mol. The van der Waals surface area contributed by atoms with E-state index in [4.69, 9.17) is 14.2 Å². The smallest absolute Gasteiger partial charge is 0.326 e. The van der Waals surface area contributed by atoms with E-state index in [0.29, 0.717) is 38.5 Å². The van der Waals surface area contributed by atoms with E-state index in [0.717, 1.165) is 0 Å². The van der Waals surface area contributed by atoms with Gasteiger partial charge in [-0.2, -0.15) is 0 Å². The molecule has 0 aromatic carbocycles. The fourth-order valence-corrected chi connectivity index (χ4v) is 2.32. The van der Waals surface area contributed by atoms with Gasteiger partial charge in [0.2, 0.25) is 0 Å². The Morgan fingerprint density at radius 1 is 1.50 bits per heavy atom. The van der Waals surface area contributed by atoms with Crippen LogP contribution in [0, 0.1) is 5.92 Å². The molecule has 2 unspecified atom stereocenters. The Kier molecular flexibility index (Phi) is 6.05. The monoisotopic (exact) mass is 259 g/mol. The van der Waals surface area contributed by atoms with Gasteiger partial charge < -0.3 is 14.2 Å². The highest BCUT2D eigenvalue weighted by Crippen LogP contribution is 2.29. The predicted octanol–water partition coefficient (Wildman–Crippen LogP) is 0.969. The summed E-state index contributed by atoms with van der Waals surface area (Å²) in [7, 11) is 3.08. The highest BCUT2D eigenvalue weighted by Gasteiger charge is 2.44. The normalized spacial score (nSPS) is 28.4. The van der Waals surface area contributed by atoms with Gasteiger partial charge in [-0.25, -0.2) is 0 Å². The SMILES string of the molecule is COCCNC1(C(=O)OC)CCOC(C(C)C)C1. The van der Waals surface area contributed by atoms with Crippen LogP contribution in [0.3, 0.4) is 0 Å². The van der Waals surface area contributed by atoms with Crippen LogP contribution in [-0.2, 0) is 19.0 Å². The molecule has 1 aliphatic heterocycles. The fraction of sp³-hybridized carbons (Fsp3) is 0.923. The van der Waals surface area contributed by atoms with Crippen LogP contribution in [0.4, 0.5) is 0 Å². The molecule has 0 aromatic heterocycles. The molecule has 1 N–H and O–H groups in total. The summed E-state index contributed by atoms with van der Waals surface area (Å²) in [6, 6.07) is 0. The Hall–Kier alpha value is -0.650. The average Bonchev–Trinajstić information content (AvgIpc) is 2.38. The first-order chi connectivity index (χ1) is 8.55. The lowest BCUT2D eigenvalue weighted by Crippen LogP contribution is -2.59. The number of methoxy groups -OCH3 is 2. The van der Waals surface area contributed by atoms with Gasteiger partial charge in [-0.05, 0) is 12.3 Å². The minimum Gasteiger partial charge on any atom is -0.468 e. The average molecular weight is 259 g/mol. The Balaban J connectivity index is 2.73. The maximum atomic E-state index is 12.1.